The molecule has 2 aliphatic rings. The minimum atomic E-state index is -3.64. The van der Waals surface area contributed by atoms with Crippen LogP contribution in [0.3, 0.4) is 0 Å². The summed E-state index contributed by atoms with van der Waals surface area (Å²) in [4.78, 5) is 14.5. The van der Waals surface area contributed by atoms with E-state index in [9.17, 15) is 13.2 Å². The lowest BCUT2D eigenvalue weighted by Gasteiger charge is -2.18. The molecule has 1 N–H and O–H groups in total. The van der Waals surface area contributed by atoms with E-state index in [1.54, 1.807) is 17.0 Å². The van der Waals surface area contributed by atoms with E-state index in [1.807, 2.05) is 6.92 Å². The summed E-state index contributed by atoms with van der Waals surface area (Å²) < 4.78 is 33.0. The van der Waals surface area contributed by atoms with Gasteiger partial charge >= 0.3 is 0 Å². The molecule has 7 heteroatoms. The van der Waals surface area contributed by atoms with Gasteiger partial charge in [-0.3, -0.25) is 4.79 Å². The summed E-state index contributed by atoms with van der Waals surface area (Å²) in [5.41, 5.74) is 1.27. The number of likely N-dealkylation sites (tertiary alicyclic amines) is 1. The summed E-state index contributed by atoms with van der Waals surface area (Å²) >= 11 is 0. The Morgan fingerprint density at radius 3 is 2.71 bits per heavy atom. The number of nitrogens with one attached hydrogen (secondary N) is 1. The Bertz CT molecular complexity index is 705. The number of amides is 1. The van der Waals surface area contributed by atoms with Crippen LogP contribution in [0.2, 0.25) is 0 Å². The molecule has 3 rings (SSSR count). The Labute approximate surface area is 143 Å². The van der Waals surface area contributed by atoms with Gasteiger partial charge in [-0.25, -0.2) is 13.1 Å². The highest BCUT2D eigenvalue weighted by atomic mass is 32.2. The maximum absolute atomic E-state index is 12.6. The number of ether oxygens (including phenoxy) is 1. The van der Waals surface area contributed by atoms with E-state index in [2.05, 4.69) is 4.72 Å². The number of sulfonamides is 1. The minimum absolute atomic E-state index is 0.0593. The molecular weight excluding hydrogens is 328 g/mol. The zero-order chi connectivity index (χ0) is 17.2. The molecule has 1 atom stereocenters. The van der Waals surface area contributed by atoms with Gasteiger partial charge in [0.1, 0.15) is 0 Å². The molecule has 24 heavy (non-hydrogen) atoms. The van der Waals surface area contributed by atoms with E-state index >= 15 is 0 Å². The van der Waals surface area contributed by atoms with Crippen LogP contribution < -0.4 is 4.72 Å². The van der Waals surface area contributed by atoms with Gasteiger partial charge in [-0.05, 0) is 50.3 Å². The molecule has 0 radical (unpaired) electrons. The summed E-state index contributed by atoms with van der Waals surface area (Å²) in [6, 6.07) is 4.74. The van der Waals surface area contributed by atoms with Gasteiger partial charge in [-0.2, -0.15) is 0 Å². The van der Waals surface area contributed by atoms with E-state index in [4.69, 9.17) is 4.74 Å². The van der Waals surface area contributed by atoms with Gasteiger partial charge in [0.15, 0.2) is 0 Å². The first-order valence-electron chi connectivity index (χ1n) is 8.48. The molecule has 0 aromatic heterocycles. The van der Waals surface area contributed by atoms with Crippen molar-refractivity contribution in [3.05, 3.63) is 29.3 Å². The number of benzene rings is 1. The molecule has 2 aliphatic heterocycles. The van der Waals surface area contributed by atoms with E-state index in [0.717, 1.165) is 44.3 Å². The average Bonchev–Trinajstić information content (AvgIpc) is 3.26. The van der Waals surface area contributed by atoms with Crippen LogP contribution in [-0.2, 0) is 14.8 Å². The van der Waals surface area contributed by atoms with Crippen molar-refractivity contribution in [2.75, 3.05) is 26.2 Å². The van der Waals surface area contributed by atoms with Crippen LogP contribution in [0.1, 0.15) is 41.6 Å². The minimum Gasteiger partial charge on any atom is -0.377 e. The average molecular weight is 352 g/mol. The Balaban J connectivity index is 1.77. The first-order chi connectivity index (χ1) is 11.5. The zero-order valence-electron chi connectivity index (χ0n) is 14.0. The highest BCUT2D eigenvalue weighted by Crippen LogP contribution is 2.20. The number of carbonyl (C=O) groups is 1. The van der Waals surface area contributed by atoms with Crippen molar-refractivity contribution in [1.82, 2.24) is 9.62 Å². The van der Waals surface area contributed by atoms with Gasteiger partial charge in [0.25, 0.3) is 5.91 Å². The molecular formula is C17H24N2O4S. The molecule has 1 amide bonds. The maximum atomic E-state index is 12.6. The highest BCUT2D eigenvalue weighted by Gasteiger charge is 2.24. The Morgan fingerprint density at radius 1 is 1.29 bits per heavy atom. The van der Waals surface area contributed by atoms with Crippen molar-refractivity contribution in [3.8, 4) is 0 Å². The van der Waals surface area contributed by atoms with E-state index in [0.29, 0.717) is 12.2 Å². The van der Waals surface area contributed by atoms with Crippen LogP contribution in [0, 0.1) is 6.92 Å². The van der Waals surface area contributed by atoms with Crippen LogP contribution >= 0.6 is 0 Å². The Hall–Kier alpha value is -1.44. The summed E-state index contributed by atoms with van der Waals surface area (Å²) in [6.45, 7) is 4.27. The third-order valence-corrected chi connectivity index (χ3v) is 6.09. The van der Waals surface area contributed by atoms with Gasteiger partial charge in [-0.15, -0.1) is 0 Å². The molecule has 2 heterocycles. The highest BCUT2D eigenvalue weighted by molar-refractivity contribution is 7.89. The second-order valence-electron chi connectivity index (χ2n) is 6.46. The topological polar surface area (TPSA) is 75.7 Å². The predicted octanol–water partition coefficient (Wildman–Crippen LogP) is 1.69. The van der Waals surface area contributed by atoms with Crippen LogP contribution in [0.15, 0.2) is 23.1 Å². The van der Waals surface area contributed by atoms with Crippen LogP contribution in [0.4, 0.5) is 0 Å². The lowest BCUT2D eigenvalue weighted by Crippen LogP contribution is -2.32. The standard InChI is InChI=1S/C17H24N2O4S/c1-13-6-7-15(11-16(13)17(20)19-8-2-3-9-19)24(21,22)18-12-14-5-4-10-23-14/h6-7,11,14,18H,2-5,8-10,12H2,1H3/t14-/m1/s1. The number of rotatable bonds is 5. The fourth-order valence-corrected chi connectivity index (χ4v) is 4.27. The molecule has 0 unspecified atom stereocenters. The molecule has 1 aromatic rings. The van der Waals surface area contributed by atoms with Crippen LogP contribution in [0.25, 0.3) is 0 Å². The monoisotopic (exact) mass is 352 g/mol. The third-order valence-electron chi connectivity index (χ3n) is 4.67. The fourth-order valence-electron chi connectivity index (χ4n) is 3.18. The molecule has 2 saturated heterocycles. The molecule has 0 bridgehead atoms. The Kier molecular flexibility index (Phi) is 5.22. The first kappa shape index (κ1) is 17.4. The lowest BCUT2D eigenvalue weighted by atomic mass is 10.1. The number of hydrogen-bond donors (Lipinski definition) is 1. The van der Waals surface area contributed by atoms with Crippen molar-refractivity contribution in [3.63, 3.8) is 0 Å². The van der Waals surface area contributed by atoms with Crippen LogP contribution in [0.5, 0.6) is 0 Å². The summed E-state index contributed by atoms with van der Waals surface area (Å²) in [6.07, 6.45) is 3.79. The molecule has 0 aliphatic carbocycles. The SMILES string of the molecule is Cc1ccc(S(=O)(=O)NC[C@H]2CCCO2)cc1C(=O)N1CCCC1. The summed E-state index contributed by atoms with van der Waals surface area (Å²) in [5, 5.41) is 0. The van der Waals surface area contributed by atoms with Crippen LogP contribution in [-0.4, -0.2) is 51.6 Å². The number of aryl methyl sites for hydroxylation is 1. The zero-order valence-corrected chi connectivity index (χ0v) is 14.8. The van der Waals surface area contributed by atoms with Crippen molar-refractivity contribution in [1.29, 1.82) is 0 Å². The van der Waals surface area contributed by atoms with Gasteiger partial charge in [-0.1, -0.05) is 6.07 Å². The maximum Gasteiger partial charge on any atom is 0.254 e. The Morgan fingerprint density at radius 2 is 2.04 bits per heavy atom. The van der Waals surface area contributed by atoms with Gasteiger partial charge in [0.2, 0.25) is 10.0 Å². The molecule has 132 valence electrons. The third kappa shape index (κ3) is 3.79. The molecule has 0 saturated carbocycles. The van der Waals surface area contributed by atoms with Crippen molar-refractivity contribution in [2.45, 2.75) is 43.6 Å². The predicted molar refractivity (Wildman–Crippen MR) is 90.5 cm³/mol. The van der Waals surface area contributed by atoms with E-state index in [1.165, 1.54) is 6.07 Å². The molecule has 1 aromatic carbocycles. The number of carbonyl (C=O) groups excluding carboxylic acids is 1. The van der Waals surface area contributed by atoms with E-state index in [-0.39, 0.29) is 23.5 Å². The lowest BCUT2D eigenvalue weighted by molar-refractivity contribution is 0.0792. The molecule has 0 spiro atoms. The van der Waals surface area contributed by atoms with Gasteiger partial charge < -0.3 is 9.64 Å². The van der Waals surface area contributed by atoms with E-state index < -0.39 is 10.0 Å². The van der Waals surface area contributed by atoms with Gasteiger partial charge in [0.05, 0.1) is 11.0 Å². The van der Waals surface area contributed by atoms with Crippen molar-refractivity contribution >= 4 is 15.9 Å². The quantitative estimate of drug-likeness (QED) is 0.875. The van der Waals surface area contributed by atoms with Crippen molar-refractivity contribution in [2.24, 2.45) is 0 Å². The summed E-state index contributed by atoms with van der Waals surface area (Å²) in [5.74, 6) is -0.0822. The molecule has 6 nitrogen and oxygen atoms in total. The molecule has 2 fully saturated rings. The number of hydrogen-bond acceptors (Lipinski definition) is 4. The number of nitrogens with zero attached hydrogens (tertiary/aromatic N) is 1. The fraction of sp³-hybridized carbons (Fsp3) is 0.588. The largest absolute Gasteiger partial charge is 0.377 e. The summed E-state index contributed by atoms with van der Waals surface area (Å²) in [7, 11) is -3.64. The first-order valence-corrected chi connectivity index (χ1v) is 9.97. The smallest absolute Gasteiger partial charge is 0.254 e. The van der Waals surface area contributed by atoms with Gasteiger partial charge in [0, 0.05) is 31.8 Å². The second-order valence-corrected chi connectivity index (χ2v) is 8.23. The normalized spacial score (nSPS) is 21.4. The van der Waals surface area contributed by atoms with Crippen molar-refractivity contribution < 1.29 is 17.9 Å². The second kappa shape index (κ2) is 7.21.